The molecule has 0 unspecified atom stereocenters. The highest BCUT2D eigenvalue weighted by Crippen LogP contribution is 2.41. The number of hydrogen-bond donors (Lipinski definition) is 0. The van der Waals surface area contributed by atoms with E-state index in [2.05, 4.69) is 72.3 Å². The molecule has 0 N–H and O–H groups in total. The summed E-state index contributed by atoms with van der Waals surface area (Å²) in [6, 6.07) is 10.8. The van der Waals surface area contributed by atoms with Crippen LogP contribution in [0.25, 0.3) is 12.2 Å². The van der Waals surface area contributed by atoms with Crippen LogP contribution in [0.3, 0.4) is 0 Å². The zero-order valence-electron chi connectivity index (χ0n) is 10.3. The summed E-state index contributed by atoms with van der Waals surface area (Å²) in [6.45, 7) is 4.33. The van der Waals surface area contributed by atoms with Gasteiger partial charge < -0.3 is 0 Å². The van der Waals surface area contributed by atoms with Gasteiger partial charge in [-0.15, -0.1) is 0 Å². The normalized spacial score (nSPS) is 12.8. The molecule has 0 bridgehead atoms. The number of rotatable bonds is 0. The van der Waals surface area contributed by atoms with E-state index >= 15 is 0 Å². The van der Waals surface area contributed by atoms with Crippen molar-refractivity contribution in [2.75, 3.05) is 0 Å². The van der Waals surface area contributed by atoms with E-state index in [9.17, 15) is 0 Å². The molecule has 0 amide bonds. The Balaban J connectivity index is 2.24. The monoisotopic (exact) mass is 316 g/mol. The van der Waals surface area contributed by atoms with Crippen LogP contribution in [0.4, 0.5) is 0 Å². The molecule has 0 spiro atoms. The Morgan fingerprint density at radius 3 is 2.61 bits per heavy atom. The Morgan fingerprint density at radius 1 is 1.00 bits per heavy atom. The minimum absolute atomic E-state index is 1.22. The predicted octanol–water partition coefficient (Wildman–Crippen LogP) is 5.70. The van der Waals surface area contributed by atoms with E-state index < -0.39 is 0 Å². The molecule has 0 atom stereocenters. The molecule has 2 aromatic rings. The summed E-state index contributed by atoms with van der Waals surface area (Å²) in [5.74, 6) is 0. The third-order valence-electron chi connectivity index (χ3n) is 3.26. The number of halogens is 1. The summed E-state index contributed by atoms with van der Waals surface area (Å²) in [4.78, 5) is 2.67. The maximum absolute atomic E-state index is 3.68. The zero-order chi connectivity index (χ0) is 12.7. The Bertz CT molecular complexity index is 656. The van der Waals surface area contributed by atoms with E-state index in [4.69, 9.17) is 0 Å². The van der Waals surface area contributed by atoms with Crippen LogP contribution in [0, 0.1) is 13.8 Å². The largest absolute Gasteiger partial charge is 0.0888 e. The number of aryl methyl sites for hydroxylation is 1. The molecular formula is C16H13BrS. The lowest BCUT2D eigenvalue weighted by Crippen LogP contribution is -1.90. The molecule has 90 valence electrons. The highest BCUT2D eigenvalue weighted by Gasteiger charge is 2.14. The van der Waals surface area contributed by atoms with Crippen LogP contribution in [0.2, 0.25) is 0 Å². The molecule has 0 saturated heterocycles. The van der Waals surface area contributed by atoms with E-state index in [1.165, 1.54) is 36.5 Å². The predicted molar refractivity (Wildman–Crippen MR) is 83.1 cm³/mol. The molecular weight excluding hydrogens is 304 g/mol. The minimum atomic E-state index is 1.22. The minimum Gasteiger partial charge on any atom is -0.0888 e. The van der Waals surface area contributed by atoms with Crippen molar-refractivity contribution in [3.63, 3.8) is 0 Å². The van der Waals surface area contributed by atoms with Crippen LogP contribution < -0.4 is 0 Å². The van der Waals surface area contributed by atoms with Gasteiger partial charge in [0.05, 0.1) is 0 Å². The van der Waals surface area contributed by atoms with Crippen molar-refractivity contribution in [3.05, 3.63) is 57.1 Å². The van der Waals surface area contributed by atoms with Gasteiger partial charge in [-0.3, -0.25) is 0 Å². The zero-order valence-corrected chi connectivity index (χ0v) is 12.7. The summed E-state index contributed by atoms with van der Waals surface area (Å²) in [5.41, 5.74) is 5.24. The second-order valence-corrected chi connectivity index (χ2v) is 6.39. The molecule has 1 aliphatic rings. The van der Waals surface area contributed by atoms with Gasteiger partial charge in [0.25, 0.3) is 0 Å². The standard InChI is InChI=1S/C16H13BrS/c1-10-9-15-13(11(2)16(10)17)8-7-12-5-3-4-6-14(12)18-15/h3-9H,1-2H3. The molecule has 0 saturated carbocycles. The third kappa shape index (κ3) is 1.94. The van der Waals surface area contributed by atoms with E-state index in [1.807, 2.05) is 11.8 Å². The van der Waals surface area contributed by atoms with Crippen LogP contribution in [0.1, 0.15) is 22.3 Å². The molecule has 0 aromatic heterocycles. The summed E-state index contributed by atoms with van der Waals surface area (Å²) in [5, 5.41) is 0. The van der Waals surface area contributed by atoms with E-state index in [0.717, 1.165) is 0 Å². The van der Waals surface area contributed by atoms with E-state index in [1.54, 1.807) is 0 Å². The molecule has 0 fully saturated rings. The van der Waals surface area contributed by atoms with E-state index in [0.29, 0.717) is 0 Å². The Morgan fingerprint density at radius 2 is 1.78 bits per heavy atom. The number of benzene rings is 2. The first-order chi connectivity index (χ1) is 8.66. The lowest BCUT2D eigenvalue weighted by Gasteiger charge is -2.12. The maximum Gasteiger partial charge on any atom is 0.0240 e. The lowest BCUT2D eigenvalue weighted by atomic mass is 10.0. The number of fused-ring (bicyclic) bond motifs is 2. The smallest absolute Gasteiger partial charge is 0.0240 e. The molecule has 1 heterocycles. The first-order valence-corrected chi connectivity index (χ1v) is 7.52. The van der Waals surface area contributed by atoms with Crippen molar-refractivity contribution in [3.8, 4) is 0 Å². The van der Waals surface area contributed by atoms with Gasteiger partial charge in [-0.05, 0) is 48.2 Å². The fourth-order valence-electron chi connectivity index (χ4n) is 2.23. The van der Waals surface area contributed by atoms with Gasteiger partial charge in [-0.1, -0.05) is 58.0 Å². The quantitative estimate of drug-likeness (QED) is 0.512. The van der Waals surface area contributed by atoms with E-state index in [-0.39, 0.29) is 0 Å². The second-order valence-electron chi connectivity index (χ2n) is 4.52. The van der Waals surface area contributed by atoms with Crippen molar-refractivity contribution in [2.45, 2.75) is 23.6 Å². The summed E-state index contributed by atoms with van der Waals surface area (Å²) in [7, 11) is 0. The van der Waals surface area contributed by atoms with Gasteiger partial charge in [0.2, 0.25) is 0 Å². The van der Waals surface area contributed by atoms with Crippen LogP contribution in [-0.2, 0) is 0 Å². The molecule has 2 aromatic carbocycles. The lowest BCUT2D eigenvalue weighted by molar-refractivity contribution is 1.24. The second kappa shape index (κ2) is 4.60. The van der Waals surface area contributed by atoms with Gasteiger partial charge in [0.15, 0.2) is 0 Å². The van der Waals surface area contributed by atoms with Crippen LogP contribution in [0.5, 0.6) is 0 Å². The van der Waals surface area contributed by atoms with Gasteiger partial charge in [0.1, 0.15) is 0 Å². The van der Waals surface area contributed by atoms with Crippen molar-refractivity contribution in [1.29, 1.82) is 0 Å². The molecule has 0 aliphatic carbocycles. The summed E-state index contributed by atoms with van der Waals surface area (Å²) < 4.78 is 1.22. The Labute approximate surface area is 120 Å². The Hall–Kier alpha value is -0.990. The highest BCUT2D eigenvalue weighted by atomic mass is 79.9. The fourth-order valence-corrected chi connectivity index (χ4v) is 3.76. The van der Waals surface area contributed by atoms with Crippen LogP contribution in [0.15, 0.2) is 44.6 Å². The van der Waals surface area contributed by atoms with Crippen molar-refractivity contribution in [1.82, 2.24) is 0 Å². The Kier molecular flexibility index (Phi) is 3.08. The summed E-state index contributed by atoms with van der Waals surface area (Å²) in [6.07, 6.45) is 4.44. The molecule has 3 rings (SSSR count). The fraction of sp³-hybridized carbons (Fsp3) is 0.125. The highest BCUT2D eigenvalue weighted by molar-refractivity contribution is 9.10. The van der Waals surface area contributed by atoms with Crippen LogP contribution in [-0.4, -0.2) is 0 Å². The van der Waals surface area contributed by atoms with Crippen LogP contribution >= 0.6 is 27.7 Å². The molecule has 2 heteroatoms. The van der Waals surface area contributed by atoms with Crippen molar-refractivity contribution in [2.24, 2.45) is 0 Å². The SMILES string of the molecule is Cc1cc2c(c(C)c1Br)C=Cc1ccccc1S2. The molecule has 0 nitrogen and oxygen atoms in total. The molecule has 18 heavy (non-hydrogen) atoms. The van der Waals surface area contributed by atoms with Crippen molar-refractivity contribution >= 4 is 39.8 Å². The number of hydrogen-bond acceptors (Lipinski definition) is 1. The summed E-state index contributed by atoms with van der Waals surface area (Å²) >= 11 is 5.53. The molecule has 0 radical (unpaired) electrons. The van der Waals surface area contributed by atoms with Crippen molar-refractivity contribution < 1.29 is 0 Å². The van der Waals surface area contributed by atoms with Gasteiger partial charge >= 0.3 is 0 Å². The third-order valence-corrected chi connectivity index (χ3v) is 5.63. The topological polar surface area (TPSA) is 0 Å². The average molecular weight is 317 g/mol. The molecule has 1 aliphatic heterocycles. The maximum atomic E-state index is 3.68. The van der Waals surface area contributed by atoms with Gasteiger partial charge in [0, 0.05) is 14.3 Å². The average Bonchev–Trinajstić information content (AvgIpc) is 2.55. The van der Waals surface area contributed by atoms with Gasteiger partial charge in [-0.25, -0.2) is 0 Å². The first-order valence-electron chi connectivity index (χ1n) is 5.91. The van der Waals surface area contributed by atoms with Gasteiger partial charge in [-0.2, -0.15) is 0 Å². The first kappa shape index (κ1) is 12.1.